The number of rotatable bonds is 3. The van der Waals surface area contributed by atoms with E-state index in [2.05, 4.69) is 0 Å². The van der Waals surface area contributed by atoms with Crippen molar-refractivity contribution in [2.45, 2.75) is 12.8 Å². The van der Waals surface area contributed by atoms with Crippen molar-refractivity contribution in [2.75, 3.05) is 18.2 Å². The minimum absolute atomic E-state index is 0.0931. The molecule has 1 aliphatic rings. The van der Waals surface area contributed by atoms with E-state index in [-0.39, 0.29) is 17.9 Å². The Morgan fingerprint density at radius 2 is 2.15 bits per heavy atom. The number of hydrogen-bond donors (Lipinski definition) is 1. The van der Waals surface area contributed by atoms with Crippen molar-refractivity contribution in [3.05, 3.63) is 0 Å². The minimum atomic E-state index is -3.21. The highest BCUT2D eigenvalue weighted by atomic mass is 32.2. The molecular formula is C7H11FO4S. The van der Waals surface area contributed by atoms with E-state index in [0.717, 1.165) is 0 Å². The molecule has 1 rings (SSSR count). The van der Waals surface area contributed by atoms with Crippen LogP contribution in [0.15, 0.2) is 0 Å². The molecule has 4 nitrogen and oxygen atoms in total. The van der Waals surface area contributed by atoms with Crippen LogP contribution in [0, 0.1) is 5.41 Å². The van der Waals surface area contributed by atoms with E-state index in [1.807, 2.05) is 0 Å². The van der Waals surface area contributed by atoms with Gasteiger partial charge in [0.15, 0.2) is 9.84 Å². The molecule has 0 aromatic rings. The van der Waals surface area contributed by atoms with Crippen LogP contribution in [0.2, 0.25) is 0 Å². The summed E-state index contributed by atoms with van der Waals surface area (Å²) in [5, 5.41) is 8.48. The first-order chi connectivity index (χ1) is 5.89. The van der Waals surface area contributed by atoms with Crippen LogP contribution in [-0.2, 0) is 14.6 Å². The van der Waals surface area contributed by atoms with Gasteiger partial charge in [-0.05, 0) is 6.42 Å². The number of carbonyl (C=O) groups is 1. The fourth-order valence-corrected chi connectivity index (χ4v) is 3.74. The average Bonchev–Trinajstić information content (AvgIpc) is 2.26. The number of sulfone groups is 1. The van der Waals surface area contributed by atoms with Crippen molar-refractivity contribution in [1.29, 1.82) is 0 Å². The zero-order valence-corrected chi connectivity index (χ0v) is 7.81. The summed E-state index contributed by atoms with van der Waals surface area (Å²) in [4.78, 5) is 10.4. The Morgan fingerprint density at radius 3 is 2.46 bits per heavy atom. The zero-order chi connectivity index (χ0) is 10.1. The predicted octanol–water partition coefficient (Wildman–Crippen LogP) is 0.236. The van der Waals surface area contributed by atoms with Gasteiger partial charge < -0.3 is 5.11 Å². The third-order valence-electron chi connectivity index (χ3n) is 2.28. The average molecular weight is 210 g/mol. The summed E-state index contributed by atoms with van der Waals surface area (Å²) in [6, 6.07) is 0. The SMILES string of the molecule is O=C(O)CC1(CF)CCS(=O)(=O)C1. The molecule has 1 saturated heterocycles. The van der Waals surface area contributed by atoms with Gasteiger partial charge in [-0.15, -0.1) is 0 Å². The van der Waals surface area contributed by atoms with Gasteiger partial charge in [-0.25, -0.2) is 8.42 Å². The van der Waals surface area contributed by atoms with Crippen molar-refractivity contribution in [3.8, 4) is 0 Å². The molecule has 1 aliphatic heterocycles. The monoisotopic (exact) mass is 210 g/mol. The van der Waals surface area contributed by atoms with Gasteiger partial charge in [-0.1, -0.05) is 0 Å². The maximum atomic E-state index is 12.5. The second kappa shape index (κ2) is 3.25. The molecule has 0 aromatic carbocycles. The van der Waals surface area contributed by atoms with Gasteiger partial charge in [0.2, 0.25) is 0 Å². The Bertz CT molecular complexity index is 310. The van der Waals surface area contributed by atoms with Gasteiger partial charge in [0.05, 0.1) is 24.6 Å². The largest absolute Gasteiger partial charge is 0.481 e. The highest BCUT2D eigenvalue weighted by Gasteiger charge is 2.43. The number of carboxylic acids is 1. The number of aliphatic carboxylic acids is 1. The first-order valence-electron chi connectivity index (χ1n) is 3.87. The topological polar surface area (TPSA) is 71.4 Å². The summed E-state index contributed by atoms with van der Waals surface area (Å²) in [6.07, 6.45) is -0.277. The molecule has 1 unspecified atom stereocenters. The summed E-state index contributed by atoms with van der Waals surface area (Å²) in [5.41, 5.74) is -1.16. The summed E-state index contributed by atoms with van der Waals surface area (Å²) in [5.74, 6) is -1.57. The number of alkyl halides is 1. The van der Waals surface area contributed by atoms with Gasteiger partial charge in [0.1, 0.15) is 0 Å². The van der Waals surface area contributed by atoms with Crippen LogP contribution >= 0.6 is 0 Å². The fraction of sp³-hybridized carbons (Fsp3) is 0.857. The first kappa shape index (κ1) is 10.4. The van der Waals surface area contributed by atoms with Crippen LogP contribution in [0.25, 0.3) is 0 Å². The van der Waals surface area contributed by atoms with Gasteiger partial charge in [-0.2, -0.15) is 0 Å². The molecule has 1 atom stereocenters. The Balaban J connectivity index is 2.80. The lowest BCUT2D eigenvalue weighted by Gasteiger charge is -2.20. The molecule has 0 spiro atoms. The number of hydrogen-bond acceptors (Lipinski definition) is 3. The maximum Gasteiger partial charge on any atom is 0.304 e. The van der Waals surface area contributed by atoms with Crippen molar-refractivity contribution in [1.82, 2.24) is 0 Å². The van der Waals surface area contributed by atoms with Gasteiger partial charge in [0, 0.05) is 5.41 Å². The maximum absolute atomic E-state index is 12.5. The van der Waals surface area contributed by atoms with Crippen molar-refractivity contribution < 1.29 is 22.7 Å². The molecule has 0 saturated carbocycles. The molecule has 0 amide bonds. The van der Waals surface area contributed by atoms with Crippen molar-refractivity contribution >= 4 is 15.8 Å². The normalized spacial score (nSPS) is 31.8. The highest BCUT2D eigenvalue weighted by Crippen LogP contribution is 2.36. The Labute approximate surface area is 75.7 Å². The lowest BCUT2D eigenvalue weighted by molar-refractivity contribution is -0.139. The van der Waals surface area contributed by atoms with Crippen LogP contribution < -0.4 is 0 Å². The van der Waals surface area contributed by atoms with Crippen LogP contribution in [0.5, 0.6) is 0 Å². The minimum Gasteiger partial charge on any atom is -0.481 e. The van der Waals surface area contributed by atoms with Crippen LogP contribution in [0.3, 0.4) is 0 Å². The first-order valence-corrected chi connectivity index (χ1v) is 5.69. The third kappa shape index (κ3) is 2.40. The molecule has 0 radical (unpaired) electrons. The molecule has 0 aromatic heterocycles. The second-order valence-electron chi connectivity index (χ2n) is 3.55. The highest BCUT2D eigenvalue weighted by molar-refractivity contribution is 7.91. The predicted molar refractivity (Wildman–Crippen MR) is 43.9 cm³/mol. The Hall–Kier alpha value is -0.650. The van der Waals surface area contributed by atoms with E-state index < -0.39 is 34.3 Å². The number of halogens is 1. The smallest absolute Gasteiger partial charge is 0.304 e. The van der Waals surface area contributed by atoms with E-state index >= 15 is 0 Å². The van der Waals surface area contributed by atoms with E-state index in [0.29, 0.717) is 0 Å². The summed E-state index contributed by atoms with van der Waals surface area (Å²) in [7, 11) is -3.21. The third-order valence-corrected chi connectivity index (χ3v) is 4.16. The summed E-state index contributed by atoms with van der Waals surface area (Å²) in [6.45, 7) is -0.876. The summed E-state index contributed by atoms with van der Waals surface area (Å²) < 4.78 is 34.6. The van der Waals surface area contributed by atoms with Gasteiger partial charge in [-0.3, -0.25) is 9.18 Å². The second-order valence-corrected chi connectivity index (χ2v) is 5.73. The van der Waals surface area contributed by atoms with E-state index in [1.54, 1.807) is 0 Å². The zero-order valence-electron chi connectivity index (χ0n) is 6.99. The molecule has 76 valence electrons. The molecule has 1 heterocycles. The van der Waals surface area contributed by atoms with Gasteiger partial charge in [0.25, 0.3) is 0 Å². The van der Waals surface area contributed by atoms with E-state index in [4.69, 9.17) is 5.11 Å². The molecule has 0 bridgehead atoms. The van der Waals surface area contributed by atoms with Crippen LogP contribution in [0.4, 0.5) is 4.39 Å². The standard InChI is InChI=1S/C7H11FO4S/c8-4-7(3-6(9)10)1-2-13(11,12)5-7/h1-5H2,(H,9,10). The lowest BCUT2D eigenvalue weighted by atomic mass is 9.86. The molecular weight excluding hydrogens is 199 g/mol. The quantitative estimate of drug-likeness (QED) is 0.724. The van der Waals surface area contributed by atoms with Gasteiger partial charge >= 0.3 is 5.97 Å². The lowest BCUT2D eigenvalue weighted by Crippen LogP contribution is -2.28. The van der Waals surface area contributed by atoms with E-state index in [1.165, 1.54) is 0 Å². The van der Waals surface area contributed by atoms with Crippen LogP contribution in [-0.4, -0.2) is 37.7 Å². The van der Waals surface area contributed by atoms with Crippen LogP contribution in [0.1, 0.15) is 12.8 Å². The number of carboxylic acid groups (broad SMARTS) is 1. The molecule has 1 fully saturated rings. The Kier molecular flexibility index (Phi) is 2.61. The van der Waals surface area contributed by atoms with E-state index in [9.17, 15) is 17.6 Å². The molecule has 13 heavy (non-hydrogen) atoms. The fourth-order valence-electron chi connectivity index (χ4n) is 1.60. The molecule has 0 aliphatic carbocycles. The summed E-state index contributed by atoms with van der Waals surface area (Å²) >= 11 is 0. The van der Waals surface area contributed by atoms with Crippen molar-refractivity contribution in [3.63, 3.8) is 0 Å². The Morgan fingerprint density at radius 1 is 1.54 bits per heavy atom. The molecule has 1 N–H and O–H groups in total. The molecule has 6 heteroatoms. The van der Waals surface area contributed by atoms with Crippen molar-refractivity contribution in [2.24, 2.45) is 5.41 Å².